The van der Waals surface area contributed by atoms with Gasteiger partial charge in [0.25, 0.3) is 0 Å². The van der Waals surface area contributed by atoms with Crippen LogP contribution in [0.4, 0.5) is 5.69 Å². The predicted octanol–water partition coefficient (Wildman–Crippen LogP) is 2.67. The van der Waals surface area contributed by atoms with Crippen molar-refractivity contribution >= 4 is 5.69 Å². The summed E-state index contributed by atoms with van der Waals surface area (Å²) in [7, 11) is 2.07. The molecule has 1 aromatic rings. The molecule has 0 amide bonds. The number of rotatable bonds is 2. The summed E-state index contributed by atoms with van der Waals surface area (Å²) in [5.41, 5.74) is 1.97. The summed E-state index contributed by atoms with van der Waals surface area (Å²) in [6.07, 6.45) is 6.25. The SMILES string of the molecule is CNC1CC2CCCC(C1)N2c1ccccc1C#N. The molecular weight excluding hydrogens is 234 g/mol. The number of piperidine rings is 2. The Labute approximate surface area is 115 Å². The van der Waals surface area contributed by atoms with Crippen molar-refractivity contribution in [1.29, 1.82) is 5.26 Å². The van der Waals surface area contributed by atoms with Gasteiger partial charge < -0.3 is 10.2 Å². The predicted molar refractivity (Wildman–Crippen MR) is 77.1 cm³/mol. The summed E-state index contributed by atoms with van der Waals surface area (Å²) in [4.78, 5) is 2.54. The van der Waals surface area contributed by atoms with E-state index in [0.717, 1.165) is 11.3 Å². The molecule has 2 aliphatic rings. The third-order valence-corrected chi connectivity index (χ3v) is 4.69. The van der Waals surface area contributed by atoms with E-state index in [1.54, 1.807) is 0 Å². The highest BCUT2D eigenvalue weighted by atomic mass is 15.2. The average molecular weight is 255 g/mol. The minimum Gasteiger partial charge on any atom is -0.364 e. The summed E-state index contributed by atoms with van der Waals surface area (Å²) < 4.78 is 0. The van der Waals surface area contributed by atoms with Crippen LogP contribution in [0.25, 0.3) is 0 Å². The van der Waals surface area contributed by atoms with Crippen molar-refractivity contribution < 1.29 is 0 Å². The fourth-order valence-corrected chi connectivity index (χ4v) is 3.80. The monoisotopic (exact) mass is 255 g/mol. The molecule has 0 saturated carbocycles. The molecule has 2 fully saturated rings. The summed E-state index contributed by atoms with van der Waals surface area (Å²) >= 11 is 0. The van der Waals surface area contributed by atoms with Crippen LogP contribution in [0.1, 0.15) is 37.7 Å². The Morgan fingerprint density at radius 2 is 1.89 bits per heavy atom. The number of nitrogens with one attached hydrogen (secondary N) is 1. The standard InChI is InChI=1S/C16H21N3/c1-18-13-9-14-6-4-7-15(10-13)19(14)16-8-3-2-5-12(16)11-17/h2-3,5,8,13-15,18H,4,6-7,9-10H2,1H3. The number of nitrogens with zero attached hydrogens (tertiary/aromatic N) is 2. The van der Waals surface area contributed by atoms with Gasteiger partial charge in [0.05, 0.1) is 11.3 Å². The van der Waals surface area contributed by atoms with Crippen LogP contribution in [0.3, 0.4) is 0 Å². The van der Waals surface area contributed by atoms with Crippen molar-refractivity contribution in [3.8, 4) is 6.07 Å². The quantitative estimate of drug-likeness (QED) is 0.883. The Morgan fingerprint density at radius 3 is 2.53 bits per heavy atom. The van der Waals surface area contributed by atoms with Gasteiger partial charge in [-0.05, 0) is 51.3 Å². The number of para-hydroxylation sites is 1. The van der Waals surface area contributed by atoms with E-state index in [1.165, 1.54) is 32.1 Å². The van der Waals surface area contributed by atoms with Crippen molar-refractivity contribution in [1.82, 2.24) is 5.32 Å². The fraction of sp³-hybridized carbons (Fsp3) is 0.562. The summed E-state index contributed by atoms with van der Waals surface area (Å²) in [5, 5.41) is 12.8. The van der Waals surface area contributed by atoms with E-state index in [0.29, 0.717) is 18.1 Å². The van der Waals surface area contributed by atoms with Gasteiger partial charge in [-0.15, -0.1) is 0 Å². The largest absolute Gasteiger partial charge is 0.364 e. The Hall–Kier alpha value is -1.53. The number of anilines is 1. The third-order valence-electron chi connectivity index (χ3n) is 4.69. The first-order chi connectivity index (χ1) is 9.33. The Morgan fingerprint density at radius 1 is 1.21 bits per heavy atom. The molecule has 0 aliphatic carbocycles. The zero-order valence-electron chi connectivity index (χ0n) is 11.5. The van der Waals surface area contributed by atoms with Crippen LogP contribution in [0.5, 0.6) is 0 Å². The molecule has 0 aromatic heterocycles. The maximum absolute atomic E-state index is 9.32. The molecule has 1 N–H and O–H groups in total. The molecule has 19 heavy (non-hydrogen) atoms. The van der Waals surface area contributed by atoms with Crippen LogP contribution >= 0.6 is 0 Å². The minimum absolute atomic E-state index is 0.597. The molecule has 2 unspecified atom stereocenters. The molecule has 0 radical (unpaired) electrons. The second kappa shape index (κ2) is 5.22. The van der Waals surface area contributed by atoms with Gasteiger partial charge in [0.15, 0.2) is 0 Å². The molecule has 0 spiro atoms. The molecule has 2 saturated heterocycles. The summed E-state index contributed by atoms with van der Waals surface area (Å²) in [6.45, 7) is 0. The average Bonchev–Trinajstić information content (AvgIpc) is 2.45. The maximum Gasteiger partial charge on any atom is 0.101 e. The number of fused-ring (bicyclic) bond motifs is 2. The Kier molecular flexibility index (Phi) is 3.44. The highest BCUT2D eigenvalue weighted by Crippen LogP contribution is 2.38. The second-order valence-corrected chi connectivity index (χ2v) is 5.73. The molecule has 100 valence electrons. The van der Waals surface area contributed by atoms with Crippen LogP contribution in [0.2, 0.25) is 0 Å². The van der Waals surface area contributed by atoms with Crippen LogP contribution in [-0.4, -0.2) is 25.2 Å². The van der Waals surface area contributed by atoms with Crippen LogP contribution < -0.4 is 10.2 Å². The van der Waals surface area contributed by atoms with Gasteiger partial charge >= 0.3 is 0 Å². The smallest absolute Gasteiger partial charge is 0.101 e. The van der Waals surface area contributed by atoms with Gasteiger partial charge in [-0.3, -0.25) is 0 Å². The minimum atomic E-state index is 0.597. The highest BCUT2D eigenvalue weighted by molar-refractivity contribution is 5.61. The molecule has 3 heteroatoms. The molecule has 2 heterocycles. The van der Waals surface area contributed by atoms with E-state index < -0.39 is 0 Å². The highest BCUT2D eigenvalue weighted by Gasteiger charge is 2.38. The van der Waals surface area contributed by atoms with Crippen molar-refractivity contribution in [3.63, 3.8) is 0 Å². The molecule has 2 bridgehead atoms. The zero-order valence-corrected chi connectivity index (χ0v) is 11.5. The molecule has 2 aliphatic heterocycles. The molecule has 2 atom stereocenters. The summed E-state index contributed by atoms with van der Waals surface area (Å²) in [5.74, 6) is 0. The second-order valence-electron chi connectivity index (χ2n) is 5.73. The number of hydrogen-bond acceptors (Lipinski definition) is 3. The van der Waals surface area contributed by atoms with E-state index in [1.807, 2.05) is 12.1 Å². The van der Waals surface area contributed by atoms with Crippen molar-refractivity contribution in [2.45, 2.75) is 50.2 Å². The first kappa shape index (κ1) is 12.5. The van der Waals surface area contributed by atoms with E-state index in [4.69, 9.17) is 0 Å². The molecule has 3 nitrogen and oxygen atoms in total. The number of nitriles is 1. The van der Waals surface area contributed by atoms with Gasteiger partial charge in [0.1, 0.15) is 6.07 Å². The summed E-state index contributed by atoms with van der Waals surface area (Å²) in [6, 6.07) is 12.2. The van der Waals surface area contributed by atoms with Crippen LogP contribution in [-0.2, 0) is 0 Å². The molecular formula is C16H21N3. The topological polar surface area (TPSA) is 39.1 Å². The normalized spacial score (nSPS) is 29.9. The Bertz CT molecular complexity index is 477. The van der Waals surface area contributed by atoms with Crippen LogP contribution in [0.15, 0.2) is 24.3 Å². The van der Waals surface area contributed by atoms with Crippen LogP contribution in [0, 0.1) is 11.3 Å². The number of benzene rings is 1. The van der Waals surface area contributed by atoms with Gasteiger partial charge in [-0.25, -0.2) is 0 Å². The van der Waals surface area contributed by atoms with Gasteiger partial charge in [-0.1, -0.05) is 12.1 Å². The van der Waals surface area contributed by atoms with E-state index in [9.17, 15) is 5.26 Å². The lowest BCUT2D eigenvalue weighted by atomic mass is 9.81. The maximum atomic E-state index is 9.32. The van der Waals surface area contributed by atoms with E-state index in [2.05, 4.69) is 35.5 Å². The van der Waals surface area contributed by atoms with Crippen molar-refractivity contribution in [2.75, 3.05) is 11.9 Å². The third kappa shape index (κ3) is 2.21. The molecule has 3 rings (SSSR count). The lowest BCUT2D eigenvalue weighted by Gasteiger charge is -2.50. The lowest BCUT2D eigenvalue weighted by molar-refractivity contribution is 0.252. The number of hydrogen-bond donors (Lipinski definition) is 1. The van der Waals surface area contributed by atoms with Gasteiger partial charge in [-0.2, -0.15) is 5.26 Å². The lowest BCUT2D eigenvalue weighted by Crippen LogP contribution is -2.56. The van der Waals surface area contributed by atoms with Gasteiger partial charge in [0, 0.05) is 18.1 Å². The zero-order chi connectivity index (χ0) is 13.2. The van der Waals surface area contributed by atoms with Crippen molar-refractivity contribution in [3.05, 3.63) is 29.8 Å². The van der Waals surface area contributed by atoms with Gasteiger partial charge in [0.2, 0.25) is 0 Å². The van der Waals surface area contributed by atoms with Crippen molar-refractivity contribution in [2.24, 2.45) is 0 Å². The van der Waals surface area contributed by atoms with E-state index in [-0.39, 0.29) is 0 Å². The first-order valence-electron chi connectivity index (χ1n) is 7.28. The fourth-order valence-electron chi connectivity index (χ4n) is 3.80. The Balaban J connectivity index is 1.94. The molecule has 1 aromatic carbocycles. The first-order valence-corrected chi connectivity index (χ1v) is 7.28. The van der Waals surface area contributed by atoms with E-state index >= 15 is 0 Å².